The Hall–Kier alpha value is -1.91. The van der Waals surface area contributed by atoms with Gasteiger partial charge in [-0.05, 0) is 6.92 Å². The molecule has 0 aliphatic carbocycles. The fourth-order valence-electron chi connectivity index (χ4n) is 2.67. The molecule has 0 spiro atoms. The summed E-state index contributed by atoms with van der Waals surface area (Å²) in [7, 11) is 2.88. The number of phenolic OH excluding ortho intramolecular Hbond substituents is 1. The molecule has 1 aliphatic heterocycles. The number of fused-ring (bicyclic) bond motifs is 1. The van der Waals surface area contributed by atoms with Crippen LogP contribution in [0.1, 0.15) is 31.4 Å². The average Bonchev–Trinajstić information content (AvgIpc) is 2.31. The number of hydrogen-bond acceptors (Lipinski definition) is 5. The molecular weight excluding hydrogens is 248 g/mol. The molecule has 1 aromatic rings. The lowest BCUT2D eigenvalue weighted by Gasteiger charge is -2.34. The van der Waals surface area contributed by atoms with Crippen LogP contribution in [-0.2, 0) is 10.2 Å². The molecule has 0 fully saturated rings. The van der Waals surface area contributed by atoms with Crippen LogP contribution < -0.4 is 14.2 Å². The normalized spacial score (nSPS) is 16.6. The van der Waals surface area contributed by atoms with Crippen molar-refractivity contribution in [2.75, 3.05) is 14.2 Å². The van der Waals surface area contributed by atoms with Crippen molar-refractivity contribution in [2.45, 2.75) is 32.6 Å². The highest BCUT2D eigenvalue weighted by molar-refractivity contribution is 5.82. The fourth-order valence-corrected chi connectivity index (χ4v) is 2.67. The van der Waals surface area contributed by atoms with Crippen LogP contribution >= 0.6 is 0 Å². The zero-order chi connectivity index (χ0) is 14.4. The van der Waals surface area contributed by atoms with Gasteiger partial charge in [-0.3, -0.25) is 4.79 Å². The summed E-state index contributed by atoms with van der Waals surface area (Å²) in [6, 6.07) is 0. The minimum atomic E-state index is -0.425. The quantitative estimate of drug-likeness (QED) is 0.657. The minimum absolute atomic E-state index is 0.0177. The Balaban J connectivity index is 2.85. The molecule has 0 atom stereocenters. The summed E-state index contributed by atoms with van der Waals surface area (Å²) < 4.78 is 15.7. The maximum atomic E-state index is 11.7. The second kappa shape index (κ2) is 4.33. The number of methoxy groups -OCH3 is 2. The number of phenols is 1. The van der Waals surface area contributed by atoms with Gasteiger partial charge in [0.2, 0.25) is 11.5 Å². The van der Waals surface area contributed by atoms with Crippen molar-refractivity contribution < 1.29 is 24.1 Å². The zero-order valence-corrected chi connectivity index (χ0v) is 11.8. The molecule has 1 heterocycles. The maximum absolute atomic E-state index is 11.7. The van der Waals surface area contributed by atoms with Crippen LogP contribution in [0.5, 0.6) is 23.0 Å². The van der Waals surface area contributed by atoms with Gasteiger partial charge >= 0.3 is 5.97 Å². The summed E-state index contributed by atoms with van der Waals surface area (Å²) in [6.45, 7) is 5.65. The molecule has 5 nitrogen and oxygen atoms in total. The lowest BCUT2D eigenvalue weighted by atomic mass is 9.77. The number of ether oxygens (including phenoxy) is 3. The largest absolute Gasteiger partial charge is 0.504 e. The van der Waals surface area contributed by atoms with E-state index < -0.39 is 5.41 Å². The van der Waals surface area contributed by atoms with Crippen LogP contribution in [0.25, 0.3) is 0 Å². The van der Waals surface area contributed by atoms with E-state index >= 15 is 0 Å². The average molecular weight is 266 g/mol. The van der Waals surface area contributed by atoms with Crippen molar-refractivity contribution in [2.24, 2.45) is 0 Å². The highest BCUT2D eigenvalue weighted by Crippen LogP contribution is 2.54. The van der Waals surface area contributed by atoms with E-state index in [-0.39, 0.29) is 29.6 Å². The second-order valence-corrected chi connectivity index (χ2v) is 5.28. The number of rotatable bonds is 2. The SMILES string of the molecule is COc1c(O)c(C)c2c(c1OC)OC(=O)CC2(C)C. The van der Waals surface area contributed by atoms with Gasteiger partial charge in [0.25, 0.3) is 0 Å². The molecule has 1 aliphatic rings. The van der Waals surface area contributed by atoms with E-state index in [0.717, 1.165) is 5.56 Å². The van der Waals surface area contributed by atoms with Crippen molar-refractivity contribution in [3.8, 4) is 23.0 Å². The van der Waals surface area contributed by atoms with Gasteiger partial charge in [-0.25, -0.2) is 0 Å². The maximum Gasteiger partial charge on any atom is 0.312 e. The molecule has 2 rings (SSSR count). The van der Waals surface area contributed by atoms with Gasteiger partial charge in [-0.1, -0.05) is 13.8 Å². The zero-order valence-electron chi connectivity index (χ0n) is 11.8. The molecule has 0 aromatic heterocycles. The Morgan fingerprint density at radius 3 is 2.32 bits per heavy atom. The summed E-state index contributed by atoms with van der Waals surface area (Å²) in [4.78, 5) is 11.7. The van der Waals surface area contributed by atoms with Gasteiger partial charge in [-0.15, -0.1) is 0 Å². The van der Waals surface area contributed by atoms with Crippen LogP contribution in [0.15, 0.2) is 0 Å². The smallest absolute Gasteiger partial charge is 0.312 e. The molecule has 1 N–H and O–H groups in total. The summed E-state index contributed by atoms with van der Waals surface area (Å²) in [5, 5.41) is 10.2. The molecule has 0 unspecified atom stereocenters. The Labute approximate surface area is 112 Å². The standard InChI is InChI=1S/C14H18O5/c1-7-9-11(19-8(15)6-14(9,2)3)13(18-5)12(17-4)10(7)16/h16H,6H2,1-5H3. The first-order chi connectivity index (χ1) is 8.83. The molecule has 0 amide bonds. The number of carbonyl (C=O) groups excluding carboxylic acids is 1. The summed E-state index contributed by atoms with van der Waals surface area (Å²) in [6.07, 6.45) is 0.260. The van der Waals surface area contributed by atoms with Crippen molar-refractivity contribution in [1.82, 2.24) is 0 Å². The van der Waals surface area contributed by atoms with Gasteiger partial charge in [0.1, 0.15) is 0 Å². The Bertz CT molecular complexity index is 546. The van der Waals surface area contributed by atoms with Crippen LogP contribution in [0.3, 0.4) is 0 Å². The monoisotopic (exact) mass is 266 g/mol. The first-order valence-electron chi connectivity index (χ1n) is 6.02. The van der Waals surface area contributed by atoms with Gasteiger partial charge < -0.3 is 19.3 Å². The molecule has 0 saturated heterocycles. The van der Waals surface area contributed by atoms with E-state index in [1.165, 1.54) is 14.2 Å². The van der Waals surface area contributed by atoms with Crippen LogP contribution in [0.2, 0.25) is 0 Å². The molecule has 5 heteroatoms. The van der Waals surface area contributed by atoms with Crippen molar-refractivity contribution in [3.05, 3.63) is 11.1 Å². The Kier molecular flexibility index (Phi) is 3.08. The third kappa shape index (κ3) is 1.89. The predicted molar refractivity (Wildman–Crippen MR) is 69.2 cm³/mol. The number of esters is 1. The van der Waals surface area contributed by atoms with Gasteiger partial charge in [0, 0.05) is 16.5 Å². The van der Waals surface area contributed by atoms with E-state index in [1.807, 2.05) is 13.8 Å². The number of hydrogen-bond donors (Lipinski definition) is 1. The molecule has 1 aromatic carbocycles. The highest BCUT2D eigenvalue weighted by Gasteiger charge is 2.40. The number of benzene rings is 1. The van der Waals surface area contributed by atoms with E-state index in [4.69, 9.17) is 14.2 Å². The Morgan fingerprint density at radius 2 is 1.79 bits per heavy atom. The summed E-state index contributed by atoms with van der Waals surface area (Å²) in [5.41, 5.74) is 0.999. The fraction of sp³-hybridized carbons (Fsp3) is 0.500. The van der Waals surface area contributed by atoms with E-state index in [9.17, 15) is 9.90 Å². The van der Waals surface area contributed by atoms with Gasteiger partial charge in [-0.2, -0.15) is 0 Å². The lowest BCUT2D eigenvalue weighted by Crippen LogP contribution is -2.32. The lowest BCUT2D eigenvalue weighted by molar-refractivity contribution is -0.137. The molecular formula is C14H18O5. The summed E-state index contributed by atoms with van der Waals surface area (Å²) in [5.74, 6) is 0.481. The topological polar surface area (TPSA) is 65.0 Å². The molecule has 0 radical (unpaired) electrons. The second-order valence-electron chi connectivity index (χ2n) is 5.28. The molecule has 104 valence electrons. The van der Waals surface area contributed by atoms with Crippen molar-refractivity contribution in [3.63, 3.8) is 0 Å². The Morgan fingerprint density at radius 1 is 1.21 bits per heavy atom. The van der Waals surface area contributed by atoms with Crippen LogP contribution in [0, 0.1) is 6.92 Å². The number of aromatic hydroxyl groups is 1. The van der Waals surface area contributed by atoms with Crippen molar-refractivity contribution in [1.29, 1.82) is 0 Å². The number of carbonyl (C=O) groups is 1. The van der Waals surface area contributed by atoms with Gasteiger partial charge in [0.15, 0.2) is 11.5 Å². The minimum Gasteiger partial charge on any atom is -0.504 e. The molecule has 19 heavy (non-hydrogen) atoms. The van der Waals surface area contributed by atoms with E-state index in [2.05, 4.69) is 0 Å². The van der Waals surface area contributed by atoms with Crippen LogP contribution in [-0.4, -0.2) is 25.3 Å². The third-order valence-corrected chi connectivity index (χ3v) is 3.47. The third-order valence-electron chi connectivity index (χ3n) is 3.47. The first kappa shape index (κ1) is 13.5. The molecule has 0 bridgehead atoms. The summed E-state index contributed by atoms with van der Waals surface area (Å²) >= 11 is 0. The van der Waals surface area contributed by atoms with Gasteiger partial charge in [0.05, 0.1) is 20.6 Å². The first-order valence-corrected chi connectivity index (χ1v) is 6.02. The predicted octanol–water partition coefficient (Wildman–Crippen LogP) is 2.30. The van der Waals surface area contributed by atoms with Crippen LogP contribution in [0.4, 0.5) is 0 Å². The van der Waals surface area contributed by atoms with E-state index in [1.54, 1.807) is 6.92 Å². The highest BCUT2D eigenvalue weighted by atomic mass is 16.6. The van der Waals surface area contributed by atoms with E-state index in [0.29, 0.717) is 11.3 Å². The molecule has 0 saturated carbocycles. The van der Waals surface area contributed by atoms with Crippen molar-refractivity contribution >= 4 is 5.97 Å².